The van der Waals surface area contributed by atoms with E-state index in [2.05, 4.69) is 10.3 Å². The number of urea groups is 1. The van der Waals surface area contributed by atoms with Crippen LogP contribution in [-0.2, 0) is 6.18 Å². The molecular formula is C17H16F3N3O2. The van der Waals surface area contributed by atoms with Gasteiger partial charge in [-0.2, -0.15) is 13.2 Å². The quantitative estimate of drug-likeness (QED) is 0.917. The highest BCUT2D eigenvalue weighted by Gasteiger charge is 2.36. The van der Waals surface area contributed by atoms with Crippen LogP contribution in [0.15, 0.2) is 42.5 Å². The van der Waals surface area contributed by atoms with Crippen molar-refractivity contribution in [2.75, 3.05) is 18.4 Å². The predicted molar refractivity (Wildman–Crippen MR) is 85.4 cm³/mol. The second-order valence-electron chi connectivity index (χ2n) is 5.74. The summed E-state index contributed by atoms with van der Waals surface area (Å²) in [7, 11) is 0. The monoisotopic (exact) mass is 351 g/mol. The molecule has 5 nitrogen and oxygen atoms in total. The summed E-state index contributed by atoms with van der Waals surface area (Å²) in [6.07, 6.45) is -4.75. The largest absolute Gasteiger partial charge is 0.471 e. The number of halogens is 3. The highest BCUT2D eigenvalue weighted by molar-refractivity contribution is 5.90. The van der Waals surface area contributed by atoms with E-state index >= 15 is 0 Å². The molecule has 0 unspecified atom stereocenters. The number of aryl methyl sites for hydroxylation is 1. The van der Waals surface area contributed by atoms with Crippen LogP contribution in [0.25, 0.3) is 0 Å². The second-order valence-corrected chi connectivity index (χ2v) is 5.74. The molecule has 3 rings (SSSR count). The van der Waals surface area contributed by atoms with E-state index in [9.17, 15) is 18.0 Å². The minimum Gasteiger partial charge on any atom is -0.471 e. The fourth-order valence-electron chi connectivity index (χ4n) is 2.47. The van der Waals surface area contributed by atoms with Crippen LogP contribution in [0.2, 0.25) is 0 Å². The first kappa shape index (κ1) is 17.1. The van der Waals surface area contributed by atoms with Crippen molar-refractivity contribution >= 4 is 11.7 Å². The van der Waals surface area contributed by atoms with Gasteiger partial charge >= 0.3 is 12.2 Å². The Morgan fingerprint density at radius 1 is 1.20 bits per heavy atom. The summed E-state index contributed by atoms with van der Waals surface area (Å²) in [5, 5.41) is 2.31. The number of para-hydroxylation sites is 1. The van der Waals surface area contributed by atoms with Gasteiger partial charge in [0.25, 0.3) is 0 Å². The molecular weight excluding hydrogens is 335 g/mol. The summed E-state index contributed by atoms with van der Waals surface area (Å²) >= 11 is 0. The molecule has 1 aliphatic rings. The number of likely N-dealkylation sites (tertiary alicyclic amines) is 1. The molecule has 25 heavy (non-hydrogen) atoms. The second kappa shape index (κ2) is 6.62. The van der Waals surface area contributed by atoms with Gasteiger partial charge in [0, 0.05) is 11.8 Å². The average Bonchev–Trinajstić information content (AvgIpc) is 2.50. The smallest absolute Gasteiger partial charge is 0.418 e. The number of aromatic nitrogens is 1. The first-order chi connectivity index (χ1) is 11.8. The van der Waals surface area contributed by atoms with Crippen molar-refractivity contribution in [2.45, 2.75) is 19.2 Å². The number of nitrogens with zero attached hydrogens (tertiary/aromatic N) is 2. The zero-order valence-electron chi connectivity index (χ0n) is 13.4. The Hall–Kier alpha value is -2.77. The molecule has 2 heterocycles. The molecule has 8 heteroatoms. The number of pyridine rings is 1. The van der Waals surface area contributed by atoms with Crippen molar-refractivity contribution in [2.24, 2.45) is 0 Å². The third kappa shape index (κ3) is 4.01. The van der Waals surface area contributed by atoms with Crippen molar-refractivity contribution in [3.8, 4) is 5.88 Å². The van der Waals surface area contributed by atoms with Crippen LogP contribution in [0.1, 0.15) is 11.3 Å². The zero-order chi connectivity index (χ0) is 18.0. The van der Waals surface area contributed by atoms with Gasteiger partial charge in [-0.3, -0.25) is 0 Å². The Balaban J connectivity index is 1.56. The van der Waals surface area contributed by atoms with Crippen LogP contribution < -0.4 is 10.1 Å². The third-order valence-electron chi connectivity index (χ3n) is 3.76. The molecule has 1 saturated heterocycles. The molecule has 0 radical (unpaired) electrons. The Kier molecular flexibility index (Phi) is 4.52. The molecule has 0 atom stereocenters. The summed E-state index contributed by atoms with van der Waals surface area (Å²) in [6, 6.07) is 9.66. The molecule has 0 aliphatic carbocycles. The lowest BCUT2D eigenvalue weighted by molar-refractivity contribution is -0.136. The fourth-order valence-corrected chi connectivity index (χ4v) is 2.47. The van der Waals surface area contributed by atoms with E-state index in [1.54, 1.807) is 6.07 Å². The molecule has 1 aromatic carbocycles. The van der Waals surface area contributed by atoms with E-state index in [-0.39, 0.29) is 24.9 Å². The molecule has 2 aromatic rings. The molecule has 1 aromatic heterocycles. The van der Waals surface area contributed by atoms with Crippen molar-refractivity contribution in [1.29, 1.82) is 0 Å². The number of nitrogens with one attached hydrogen (secondary N) is 1. The van der Waals surface area contributed by atoms with Gasteiger partial charge in [-0.05, 0) is 25.1 Å². The lowest BCUT2D eigenvalue weighted by Gasteiger charge is -2.38. The molecule has 0 bridgehead atoms. The van der Waals surface area contributed by atoms with Gasteiger partial charge in [-0.25, -0.2) is 9.78 Å². The van der Waals surface area contributed by atoms with Crippen molar-refractivity contribution < 1.29 is 22.7 Å². The lowest BCUT2D eigenvalue weighted by atomic mass is 10.1. The van der Waals surface area contributed by atoms with Crippen molar-refractivity contribution in [3.05, 3.63) is 53.7 Å². The van der Waals surface area contributed by atoms with Crippen LogP contribution in [0.5, 0.6) is 5.88 Å². The number of hydrogen-bond acceptors (Lipinski definition) is 3. The summed E-state index contributed by atoms with van der Waals surface area (Å²) in [6.45, 7) is 2.41. The Bertz CT molecular complexity index is 774. The number of rotatable bonds is 3. The number of ether oxygens (including phenoxy) is 1. The van der Waals surface area contributed by atoms with Gasteiger partial charge in [0.1, 0.15) is 6.10 Å². The Morgan fingerprint density at radius 3 is 2.60 bits per heavy atom. The summed E-state index contributed by atoms with van der Waals surface area (Å²) in [5.41, 5.74) is -0.319. The van der Waals surface area contributed by atoms with Gasteiger partial charge in [-0.15, -0.1) is 0 Å². The number of carbonyl (C=O) groups excluding carboxylic acids is 1. The molecule has 1 aliphatic heterocycles. The van der Waals surface area contributed by atoms with E-state index in [4.69, 9.17) is 4.74 Å². The molecule has 1 N–H and O–H groups in total. The predicted octanol–water partition coefficient (Wildman–Crippen LogP) is 3.70. The number of hydrogen-bond donors (Lipinski definition) is 1. The maximum Gasteiger partial charge on any atom is 0.418 e. The van der Waals surface area contributed by atoms with Crippen LogP contribution in [0, 0.1) is 6.92 Å². The van der Waals surface area contributed by atoms with Crippen LogP contribution in [0.4, 0.5) is 23.7 Å². The van der Waals surface area contributed by atoms with Gasteiger partial charge in [-0.1, -0.05) is 18.2 Å². The van der Waals surface area contributed by atoms with E-state index in [0.29, 0.717) is 5.88 Å². The minimum absolute atomic E-state index is 0.224. The van der Waals surface area contributed by atoms with Gasteiger partial charge in [0.05, 0.1) is 24.3 Å². The van der Waals surface area contributed by atoms with Crippen LogP contribution in [0.3, 0.4) is 0 Å². The number of alkyl halides is 3. The van der Waals surface area contributed by atoms with E-state index in [1.165, 1.54) is 23.1 Å². The topological polar surface area (TPSA) is 54.5 Å². The van der Waals surface area contributed by atoms with Crippen LogP contribution >= 0.6 is 0 Å². The maximum absolute atomic E-state index is 12.9. The van der Waals surface area contributed by atoms with Gasteiger partial charge < -0.3 is 15.0 Å². The van der Waals surface area contributed by atoms with Crippen LogP contribution in [-0.4, -0.2) is 35.1 Å². The Morgan fingerprint density at radius 2 is 1.92 bits per heavy atom. The van der Waals surface area contributed by atoms with E-state index in [0.717, 1.165) is 11.8 Å². The van der Waals surface area contributed by atoms with E-state index < -0.39 is 17.8 Å². The minimum atomic E-state index is -4.53. The molecule has 2 amide bonds. The van der Waals surface area contributed by atoms with Gasteiger partial charge in [0.15, 0.2) is 0 Å². The SMILES string of the molecule is Cc1cccc(OC2CN(C(=O)Nc3ccccc3C(F)(F)F)C2)n1. The maximum atomic E-state index is 12.9. The Labute approximate surface area is 142 Å². The number of carbonyl (C=O) groups is 1. The third-order valence-corrected chi connectivity index (χ3v) is 3.76. The van der Waals surface area contributed by atoms with E-state index in [1.807, 2.05) is 19.1 Å². The number of benzene rings is 1. The van der Waals surface area contributed by atoms with Crippen molar-refractivity contribution in [1.82, 2.24) is 9.88 Å². The first-order valence-corrected chi connectivity index (χ1v) is 7.65. The molecule has 1 fully saturated rings. The highest BCUT2D eigenvalue weighted by Crippen LogP contribution is 2.34. The molecule has 0 saturated carbocycles. The van der Waals surface area contributed by atoms with Crippen molar-refractivity contribution in [3.63, 3.8) is 0 Å². The van der Waals surface area contributed by atoms with Gasteiger partial charge in [0.2, 0.25) is 5.88 Å². The lowest BCUT2D eigenvalue weighted by Crippen LogP contribution is -2.57. The fraction of sp³-hybridized carbons (Fsp3) is 0.294. The molecule has 132 valence electrons. The normalized spacial score (nSPS) is 14.8. The zero-order valence-corrected chi connectivity index (χ0v) is 13.4. The average molecular weight is 351 g/mol. The highest BCUT2D eigenvalue weighted by atomic mass is 19.4. The molecule has 0 spiro atoms. The number of amides is 2. The summed E-state index contributed by atoms with van der Waals surface area (Å²) in [4.78, 5) is 17.7. The summed E-state index contributed by atoms with van der Waals surface area (Å²) < 4.78 is 44.4. The number of anilines is 1. The summed E-state index contributed by atoms with van der Waals surface area (Å²) in [5.74, 6) is 0.465. The standard InChI is InChI=1S/C17H16F3N3O2/c1-11-5-4-8-15(21-11)25-12-9-23(10-12)16(24)22-14-7-3-2-6-13(14)17(18,19)20/h2-8,12H,9-10H2,1H3,(H,22,24). The first-order valence-electron chi connectivity index (χ1n) is 7.65.